The first-order chi connectivity index (χ1) is 19.3. The molecule has 9 fully saturated rings. The Bertz CT molecular complexity index is 863. The Morgan fingerprint density at radius 3 is 1.82 bits per heavy atom. The second-order valence-electron chi connectivity index (χ2n) is 16.4. The standard InChI is InChI=1S/C36H57NOS/c1-4-13-30-25(8-1)26-9-2-5-14-31(26)37(30)23-18-16-22(17-19-23)24-11-7-12-27-28-20-21-33-34(36(28)38-35(24)27)29-10-3-6-15-32(29)39-33/h22-36H,1-21H2. The summed E-state index contributed by atoms with van der Waals surface area (Å²) in [6.07, 6.45) is 33.2. The van der Waals surface area contributed by atoms with Crippen LogP contribution in [-0.2, 0) is 4.74 Å². The molecule has 13 atom stereocenters. The van der Waals surface area contributed by atoms with Gasteiger partial charge in [0.1, 0.15) is 0 Å². The second-order valence-corrected chi connectivity index (χ2v) is 17.8. The third kappa shape index (κ3) is 4.14. The first kappa shape index (κ1) is 25.7. The van der Waals surface area contributed by atoms with Crippen LogP contribution in [0.15, 0.2) is 0 Å². The summed E-state index contributed by atoms with van der Waals surface area (Å²) in [5.74, 6) is 7.77. The van der Waals surface area contributed by atoms with Gasteiger partial charge >= 0.3 is 0 Å². The van der Waals surface area contributed by atoms with Gasteiger partial charge in [-0.25, -0.2) is 0 Å². The lowest BCUT2D eigenvalue weighted by atomic mass is 9.62. The summed E-state index contributed by atoms with van der Waals surface area (Å²) in [4.78, 5) is 3.23. The van der Waals surface area contributed by atoms with Crippen LogP contribution in [0.3, 0.4) is 0 Å². The smallest absolute Gasteiger partial charge is 0.0652 e. The van der Waals surface area contributed by atoms with Crippen molar-refractivity contribution in [2.75, 3.05) is 0 Å². The molecule has 0 aromatic rings. The van der Waals surface area contributed by atoms with Gasteiger partial charge in [-0.05, 0) is 131 Å². The molecular weight excluding hydrogens is 494 g/mol. The van der Waals surface area contributed by atoms with Crippen molar-refractivity contribution in [2.45, 2.75) is 176 Å². The quantitative estimate of drug-likeness (QED) is 0.340. The van der Waals surface area contributed by atoms with Gasteiger partial charge in [0.15, 0.2) is 0 Å². The fourth-order valence-electron chi connectivity index (χ4n) is 13.7. The van der Waals surface area contributed by atoms with Gasteiger partial charge in [0.2, 0.25) is 0 Å². The van der Waals surface area contributed by atoms with E-state index in [1.165, 1.54) is 122 Å². The summed E-state index contributed by atoms with van der Waals surface area (Å²) in [6.45, 7) is 0. The Morgan fingerprint density at radius 1 is 0.436 bits per heavy atom. The topological polar surface area (TPSA) is 12.5 Å². The molecule has 9 aliphatic rings. The van der Waals surface area contributed by atoms with Crippen LogP contribution in [0.5, 0.6) is 0 Å². The van der Waals surface area contributed by atoms with Gasteiger partial charge in [0.05, 0.1) is 12.2 Å². The summed E-state index contributed by atoms with van der Waals surface area (Å²) in [6, 6.07) is 2.86. The van der Waals surface area contributed by atoms with E-state index < -0.39 is 0 Å². The molecule has 3 aliphatic heterocycles. The Kier molecular flexibility index (Phi) is 6.91. The molecule has 218 valence electrons. The predicted molar refractivity (Wildman–Crippen MR) is 162 cm³/mol. The molecule has 3 heteroatoms. The molecule has 2 nitrogen and oxygen atoms in total. The number of fused-ring (bicyclic) bond motifs is 10. The average Bonchev–Trinajstić information content (AvgIpc) is 3.66. The molecule has 0 spiro atoms. The molecule has 0 amide bonds. The minimum atomic E-state index is 0.638. The van der Waals surface area contributed by atoms with Gasteiger partial charge in [0, 0.05) is 34.5 Å². The third-order valence-electron chi connectivity index (χ3n) is 15.0. The third-order valence-corrected chi connectivity index (χ3v) is 16.9. The van der Waals surface area contributed by atoms with Gasteiger partial charge in [-0.15, -0.1) is 0 Å². The molecule has 3 heterocycles. The van der Waals surface area contributed by atoms with Gasteiger partial charge < -0.3 is 4.74 Å². The normalized spacial score (nSPS) is 57.1. The monoisotopic (exact) mass is 551 g/mol. The van der Waals surface area contributed by atoms with Crippen LogP contribution in [-0.4, -0.2) is 45.7 Å². The second kappa shape index (κ2) is 10.5. The molecule has 6 saturated carbocycles. The summed E-state index contributed by atoms with van der Waals surface area (Å²) in [7, 11) is 0. The summed E-state index contributed by atoms with van der Waals surface area (Å²) in [5, 5.41) is 1.93. The van der Waals surface area contributed by atoms with E-state index in [2.05, 4.69) is 16.7 Å². The lowest BCUT2D eigenvalue weighted by molar-refractivity contribution is -0.0759. The number of ether oxygens (including phenoxy) is 1. The summed E-state index contributed by atoms with van der Waals surface area (Å²) < 4.78 is 7.44. The number of nitrogens with zero attached hydrogens (tertiary/aromatic N) is 1. The minimum absolute atomic E-state index is 0.638. The molecule has 39 heavy (non-hydrogen) atoms. The molecule has 0 aromatic carbocycles. The molecule has 6 aliphatic carbocycles. The van der Waals surface area contributed by atoms with E-state index >= 15 is 0 Å². The van der Waals surface area contributed by atoms with Gasteiger partial charge in [0.25, 0.3) is 0 Å². The average molecular weight is 552 g/mol. The van der Waals surface area contributed by atoms with Crippen molar-refractivity contribution in [3.05, 3.63) is 0 Å². The van der Waals surface area contributed by atoms with Crippen molar-refractivity contribution in [3.8, 4) is 0 Å². The maximum atomic E-state index is 7.44. The van der Waals surface area contributed by atoms with Crippen LogP contribution in [0.1, 0.15) is 135 Å². The van der Waals surface area contributed by atoms with Crippen molar-refractivity contribution >= 4 is 11.8 Å². The minimum Gasteiger partial charge on any atom is -0.374 e. The summed E-state index contributed by atoms with van der Waals surface area (Å²) >= 11 is 2.43. The molecule has 0 bridgehead atoms. The largest absolute Gasteiger partial charge is 0.374 e. The Hall–Kier alpha value is 0.270. The van der Waals surface area contributed by atoms with Crippen LogP contribution in [0.2, 0.25) is 0 Å². The van der Waals surface area contributed by atoms with E-state index in [1.807, 2.05) is 0 Å². The van der Waals surface area contributed by atoms with E-state index in [9.17, 15) is 0 Å². The highest BCUT2D eigenvalue weighted by Crippen LogP contribution is 2.62. The Labute approximate surface area is 243 Å². The lowest BCUT2D eigenvalue weighted by Gasteiger charge is -2.46. The van der Waals surface area contributed by atoms with Crippen molar-refractivity contribution < 1.29 is 4.74 Å². The molecule has 0 N–H and O–H groups in total. The van der Waals surface area contributed by atoms with Crippen LogP contribution in [0.4, 0.5) is 0 Å². The molecule has 0 radical (unpaired) electrons. The van der Waals surface area contributed by atoms with E-state index in [0.29, 0.717) is 12.2 Å². The maximum Gasteiger partial charge on any atom is 0.0652 e. The number of rotatable bonds is 2. The fourth-order valence-corrected chi connectivity index (χ4v) is 15.8. The van der Waals surface area contributed by atoms with E-state index in [-0.39, 0.29) is 0 Å². The highest BCUT2D eigenvalue weighted by atomic mass is 32.2. The SMILES string of the molecule is C1CCC2C(C1)SC1CCC3C4CCCC(C5CCC(N6C7CCCCC7C7CCCCC76)CC5)C4OC3C12. The highest BCUT2D eigenvalue weighted by molar-refractivity contribution is 8.00. The first-order valence-electron chi connectivity index (χ1n) is 18.4. The molecule has 9 rings (SSSR count). The molecule has 3 saturated heterocycles. The number of thioether (sulfide) groups is 1. The van der Waals surface area contributed by atoms with E-state index in [0.717, 1.165) is 76.0 Å². The van der Waals surface area contributed by atoms with Crippen molar-refractivity contribution in [2.24, 2.45) is 47.3 Å². The molecule has 0 aromatic heterocycles. The van der Waals surface area contributed by atoms with Gasteiger partial charge in [-0.3, -0.25) is 4.90 Å². The molecular formula is C36H57NOS. The maximum absolute atomic E-state index is 7.44. The first-order valence-corrected chi connectivity index (χ1v) is 19.4. The zero-order valence-corrected chi connectivity index (χ0v) is 25.6. The number of hydrogen-bond acceptors (Lipinski definition) is 3. The number of hydrogen-bond donors (Lipinski definition) is 0. The van der Waals surface area contributed by atoms with Gasteiger partial charge in [-0.2, -0.15) is 11.8 Å². The predicted octanol–water partition coefficient (Wildman–Crippen LogP) is 8.86. The Morgan fingerprint density at radius 2 is 1.05 bits per heavy atom. The molecule has 13 unspecified atom stereocenters. The van der Waals surface area contributed by atoms with Crippen LogP contribution < -0.4 is 0 Å². The van der Waals surface area contributed by atoms with Crippen LogP contribution in [0.25, 0.3) is 0 Å². The van der Waals surface area contributed by atoms with Crippen molar-refractivity contribution in [1.82, 2.24) is 4.90 Å². The lowest BCUT2D eigenvalue weighted by Crippen LogP contribution is -2.49. The highest BCUT2D eigenvalue weighted by Gasteiger charge is 2.60. The Balaban J connectivity index is 0.893. The van der Waals surface area contributed by atoms with E-state index in [1.54, 1.807) is 12.8 Å². The summed E-state index contributed by atoms with van der Waals surface area (Å²) in [5.41, 5.74) is 0. The number of likely N-dealkylation sites (tertiary alicyclic amines) is 1. The van der Waals surface area contributed by atoms with Crippen LogP contribution >= 0.6 is 11.8 Å². The van der Waals surface area contributed by atoms with E-state index in [4.69, 9.17) is 4.74 Å². The van der Waals surface area contributed by atoms with Crippen molar-refractivity contribution in [1.29, 1.82) is 0 Å². The van der Waals surface area contributed by atoms with Crippen LogP contribution in [0, 0.1) is 47.3 Å². The van der Waals surface area contributed by atoms with Gasteiger partial charge in [-0.1, -0.05) is 44.9 Å². The zero-order valence-electron chi connectivity index (χ0n) is 24.8. The fraction of sp³-hybridized carbons (Fsp3) is 1.00. The van der Waals surface area contributed by atoms with Crippen molar-refractivity contribution in [3.63, 3.8) is 0 Å². The zero-order chi connectivity index (χ0) is 25.5.